The Morgan fingerprint density at radius 1 is 1.06 bits per heavy atom. The average molecular weight is 487 g/mol. The molecule has 2 heterocycles. The van der Waals surface area contributed by atoms with Gasteiger partial charge in [0, 0.05) is 36.2 Å². The van der Waals surface area contributed by atoms with Gasteiger partial charge in [-0.2, -0.15) is 5.10 Å². The van der Waals surface area contributed by atoms with Crippen molar-refractivity contribution in [3.63, 3.8) is 0 Å². The van der Waals surface area contributed by atoms with Crippen molar-refractivity contribution in [2.75, 3.05) is 20.8 Å². The van der Waals surface area contributed by atoms with E-state index in [-0.39, 0.29) is 17.4 Å². The summed E-state index contributed by atoms with van der Waals surface area (Å²) in [5.74, 6) is 1.17. The maximum absolute atomic E-state index is 13.4. The van der Waals surface area contributed by atoms with Crippen molar-refractivity contribution in [3.8, 4) is 22.8 Å². The van der Waals surface area contributed by atoms with Gasteiger partial charge in [-0.3, -0.25) is 14.7 Å². The van der Waals surface area contributed by atoms with E-state index in [2.05, 4.69) is 15.5 Å². The number of amides is 2. The Labute approximate surface area is 210 Å². The highest BCUT2D eigenvalue weighted by molar-refractivity contribution is 5.99. The van der Waals surface area contributed by atoms with E-state index in [1.807, 2.05) is 41.3 Å². The molecular weight excluding hydrogens is 456 g/mol. The molecule has 6 rings (SSSR count). The fourth-order valence-electron chi connectivity index (χ4n) is 6.15. The van der Waals surface area contributed by atoms with Gasteiger partial charge in [0.05, 0.1) is 25.5 Å². The number of nitrogens with one attached hydrogen (secondary N) is 2. The molecule has 1 saturated carbocycles. The average Bonchev–Trinajstić information content (AvgIpc) is 3.59. The van der Waals surface area contributed by atoms with Gasteiger partial charge in [-0.05, 0) is 42.2 Å². The highest BCUT2D eigenvalue weighted by Gasteiger charge is 2.44. The van der Waals surface area contributed by atoms with Gasteiger partial charge in [0.15, 0.2) is 11.5 Å². The van der Waals surface area contributed by atoms with Crippen LogP contribution in [0.5, 0.6) is 11.5 Å². The molecule has 3 aromatic rings. The van der Waals surface area contributed by atoms with Crippen LogP contribution in [-0.4, -0.2) is 53.2 Å². The van der Waals surface area contributed by atoms with Crippen molar-refractivity contribution in [1.29, 1.82) is 0 Å². The molecule has 0 atom stereocenters. The number of hydrogen-bond donors (Lipinski definition) is 2. The van der Waals surface area contributed by atoms with Crippen LogP contribution >= 0.6 is 0 Å². The van der Waals surface area contributed by atoms with Crippen molar-refractivity contribution in [3.05, 3.63) is 64.3 Å². The first-order chi connectivity index (χ1) is 17.5. The molecule has 2 N–H and O–H groups in total. The number of aromatic amines is 1. The van der Waals surface area contributed by atoms with Gasteiger partial charge >= 0.3 is 0 Å². The van der Waals surface area contributed by atoms with E-state index in [0.717, 1.165) is 65.6 Å². The van der Waals surface area contributed by atoms with Crippen molar-refractivity contribution in [1.82, 2.24) is 20.4 Å². The summed E-state index contributed by atoms with van der Waals surface area (Å²) in [6.07, 6.45) is 5.63. The Balaban J connectivity index is 1.24. The van der Waals surface area contributed by atoms with Crippen molar-refractivity contribution in [2.45, 2.75) is 50.6 Å². The normalized spacial score (nSPS) is 17.4. The summed E-state index contributed by atoms with van der Waals surface area (Å²) in [5.41, 5.74) is 5.59. The Morgan fingerprint density at radius 3 is 2.56 bits per heavy atom. The third kappa shape index (κ3) is 3.46. The summed E-state index contributed by atoms with van der Waals surface area (Å²) in [5, 5.41) is 10.6. The maximum Gasteiger partial charge on any atom is 0.269 e. The number of carbonyl (C=O) groups is 2. The summed E-state index contributed by atoms with van der Waals surface area (Å²) < 4.78 is 10.9. The van der Waals surface area contributed by atoms with E-state index in [1.165, 1.54) is 0 Å². The molecule has 0 radical (unpaired) electrons. The van der Waals surface area contributed by atoms with Gasteiger partial charge < -0.3 is 19.7 Å². The van der Waals surface area contributed by atoms with Crippen LogP contribution < -0.4 is 14.8 Å². The molecule has 0 saturated heterocycles. The standard InChI is InChI=1S/C28H30N4O4/c1-35-22-13-18-12-21-24(20(18)14-23(22)36-2)30-31-25(21)26(33)29-16-28(10-6-3-7-11-28)32-15-17-8-4-5-9-19(17)27(32)34/h4-5,8-9,13-14H,3,6-7,10-12,15-16H2,1-2H3,(H,29,33)(H,30,31). The fourth-order valence-corrected chi connectivity index (χ4v) is 6.15. The van der Waals surface area contributed by atoms with Crippen molar-refractivity contribution < 1.29 is 19.1 Å². The van der Waals surface area contributed by atoms with Gasteiger partial charge in [0.2, 0.25) is 0 Å². The van der Waals surface area contributed by atoms with E-state index in [1.54, 1.807) is 14.2 Å². The quantitative estimate of drug-likeness (QED) is 0.428. The van der Waals surface area contributed by atoms with Crippen molar-refractivity contribution >= 4 is 11.8 Å². The van der Waals surface area contributed by atoms with Gasteiger partial charge in [-0.15, -0.1) is 0 Å². The monoisotopic (exact) mass is 486 g/mol. The molecule has 186 valence electrons. The zero-order valence-electron chi connectivity index (χ0n) is 20.6. The second kappa shape index (κ2) is 8.69. The zero-order valence-corrected chi connectivity index (χ0v) is 20.6. The molecule has 1 aromatic heterocycles. The van der Waals surface area contributed by atoms with Crippen LogP contribution in [0.15, 0.2) is 36.4 Å². The molecule has 3 aliphatic rings. The number of H-pyrrole nitrogens is 1. The summed E-state index contributed by atoms with van der Waals surface area (Å²) in [4.78, 5) is 28.8. The number of rotatable bonds is 6. The van der Waals surface area contributed by atoms with Gasteiger partial charge in [0.1, 0.15) is 5.69 Å². The molecule has 1 aliphatic heterocycles. The summed E-state index contributed by atoms with van der Waals surface area (Å²) in [7, 11) is 3.22. The minimum Gasteiger partial charge on any atom is -0.493 e. The number of benzene rings is 2. The number of ether oxygens (including phenoxy) is 2. The summed E-state index contributed by atoms with van der Waals surface area (Å²) in [6, 6.07) is 11.7. The molecule has 0 unspecified atom stereocenters. The predicted octanol–water partition coefficient (Wildman–Crippen LogP) is 4.09. The van der Waals surface area contributed by atoms with Crippen LogP contribution in [0.3, 0.4) is 0 Å². The minimum atomic E-state index is -0.378. The van der Waals surface area contributed by atoms with Crippen molar-refractivity contribution in [2.24, 2.45) is 0 Å². The van der Waals surface area contributed by atoms with Gasteiger partial charge in [0.25, 0.3) is 11.8 Å². The van der Waals surface area contributed by atoms with E-state index in [4.69, 9.17) is 9.47 Å². The lowest BCUT2D eigenvalue weighted by Crippen LogP contribution is -2.56. The molecule has 0 spiro atoms. The molecule has 36 heavy (non-hydrogen) atoms. The highest BCUT2D eigenvalue weighted by Crippen LogP contribution is 2.43. The van der Waals surface area contributed by atoms with Crippen LogP contribution in [0, 0.1) is 0 Å². The molecule has 2 aromatic carbocycles. The first-order valence-electron chi connectivity index (χ1n) is 12.6. The van der Waals surface area contributed by atoms with Crippen LogP contribution in [0.4, 0.5) is 0 Å². The van der Waals surface area contributed by atoms with E-state index < -0.39 is 0 Å². The second-order valence-corrected chi connectivity index (χ2v) is 9.98. The van der Waals surface area contributed by atoms with Crippen LogP contribution in [0.1, 0.15) is 69.6 Å². The number of nitrogens with zero attached hydrogens (tertiary/aromatic N) is 2. The number of aromatic nitrogens is 2. The molecule has 8 nitrogen and oxygen atoms in total. The number of methoxy groups -OCH3 is 2. The first kappa shape index (κ1) is 22.6. The highest BCUT2D eigenvalue weighted by atomic mass is 16.5. The lowest BCUT2D eigenvalue weighted by Gasteiger charge is -2.44. The number of fused-ring (bicyclic) bond motifs is 4. The molecule has 0 bridgehead atoms. The fraction of sp³-hybridized carbons (Fsp3) is 0.393. The Morgan fingerprint density at radius 2 is 1.81 bits per heavy atom. The summed E-state index contributed by atoms with van der Waals surface area (Å²) >= 11 is 0. The topological polar surface area (TPSA) is 96.6 Å². The lowest BCUT2D eigenvalue weighted by atomic mass is 9.80. The van der Waals surface area contributed by atoms with E-state index in [0.29, 0.717) is 36.7 Å². The Bertz CT molecular complexity index is 1360. The van der Waals surface area contributed by atoms with E-state index >= 15 is 0 Å². The van der Waals surface area contributed by atoms with Gasteiger partial charge in [-0.1, -0.05) is 37.5 Å². The first-order valence-corrected chi connectivity index (χ1v) is 12.6. The number of hydrogen-bond acceptors (Lipinski definition) is 5. The second-order valence-electron chi connectivity index (χ2n) is 9.98. The Kier molecular flexibility index (Phi) is 5.47. The SMILES string of the molecule is COc1cc2c(cc1OC)-c1n[nH]c(C(=O)NCC3(N4Cc5ccccc5C4=O)CCCCC3)c1C2. The molecule has 8 heteroatoms. The molecule has 1 fully saturated rings. The smallest absolute Gasteiger partial charge is 0.269 e. The number of carbonyl (C=O) groups excluding carboxylic acids is 2. The van der Waals surface area contributed by atoms with Gasteiger partial charge in [-0.25, -0.2) is 0 Å². The lowest BCUT2D eigenvalue weighted by molar-refractivity contribution is 0.0344. The third-order valence-corrected chi connectivity index (χ3v) is 8.08. The van der Waals surface area contributed by atoms with Crippen LogP contribution in [-0.2, 0) is 13.0 Å². The third-order valence-electron chi connectivity index (χ3n) is 8.08. The van der Waals surface area contributed by atoms with Crippen LogP contribution in [0.25, 0.3) is 11.3 Å². The molecule has 2 amide bonds. The van der Waals surface area contributed by atoms with Crippen LogP contribution in [0.2, 0.25) is 0 Å². The predicted molar refractivity (Wildman–Crippen MR) is 134 cm³/mol. The molecular formula is C28H30N4O4. The molecule has 2 aliphatic carbocycles. The van der Waals surface area contributed by atoms with E-state index in [9.17, 15) is 9.59 Å². The zero-order chi connectivity index (χ0) is 24.9. The maximum atomic E-state index is 13.4. The largest absolute Gasteiger partial charge is 0.493 e. The summed E-state index contributed by atoms with van der Waals surface area (Å²) in [6.45, 7) is 1.03. The Hall–Kier alpha value is -3.81. The minimum absolute atomic E-state index is 0.0718.